The van der Waals surface area contributed by atoms with Gasteiger partial charge in [-0.2, -0.15) is 0 Å². The first-order valence-corrected chi connectivity index (χ1v) is 8.54. The van der Waals surface area contributed by atoms with E-state index in [0.29, 0.717) is 16.9 Å². The number of nitrogens with one attached hydrogen (secondary N) is 2. The Morgan fingerprint density at radius 3 is 2.31 bits per heavy atom. The molecule has 0 spiro atoms. The topological polar surface area (TPSA) is 75.3 Å². The Balaban J connectivity index is 1.86. The average Bonchev–Trinajstić information content (AvgIpc) is 2.68. The minimum atomic E-state index is -0.552. The van der Waals surface area contributed by atoms with Gasteiger partial charge in [-0.15, -0.1) is 0 Å². The number of carbonyl (C=O) groups excluding carboxylic acids is 1. The molecule has 3 aromatic carbocycles. The molecule has 0 aliphatic carbocycles. The number of carbonyl (C=O) groups is 1. The second-order valence-electron chi connectivity index (χ2n) is 6.19. The molecule has 132 valence electrons. The molecule has 0 fully saturated rings. The van der Waals surface area contributed by atoms with Crippen LogP contribution in [0.2, 0.25) is 0 Å². The van der Waals surface area contributed by atoms with Gasteiger partial charge in [0.1, 0.15) is 11.4 Å². The Morgan fingerprint density at radius 2 is 1.65 bits per heavy atom. The van der Waals surface area contributed by atoms with Crippen molar-refractivity contribution in [3.05, 3.63) is 86.2 Å². The Kier molecular flexibility index (Phi) is 4.98. The van der Waals surface area contributed by atoms with E-state index < -0.39 is 10.9 Å². The molecule has 0 amide bonds. The van der Waals surface area contributed by atoms with Gasteiger partial charge in [0, 0.05) is 11.3 Å². The maximum atomic E-state index is 12.1. The minimum Gasteiger partial charge on any atom is -0.373 e. The molecule has 3 rings (SSSR count). The number of hydrogen-bond acceptors (Lipinski definition) is 5. The highest BCUT2D eigenvalue weighted by molar-refractivity contribution is 5.95. The van der Waals surface area contributed by atoms with Crippen molar-refractivity contribution in [2.45, 2.75) is 26.3 Å². The summed E-state index contributed by atoms with van der Waals surface area (Å²) >= 11 is 0. The second-order valence-corrected chi connectivity index (χ2v) is 6.19. The van der Waals surface area contributed by atoms with Gasteiger partial charge in [-0.25, -0.2) is 0 Å². The number of rotatable bonds is 7. The Bertz CT molecular complexity index is 1000. The van der Waals surface area contributed by atoms with Crippen molar-refractivity contribution < 1.29 is 4.79 Å². The molecule has 5 nitrogen and oxygen atoms in total. The van der Waals surface area contributed by atoms with Crippen molar-refractivity contribution in [3.63, 3.8) is 0 Å². The molecular formula is C21H20N2O3. The highest BCUT2D eigenvalue weighted by Gasteiger charge is 2.23. The molecule has 0 saturated carbocycles. The molecule has 0 unspecified atom stereocenters. The van der Waals surface area contributed by atoms with Gasteiger partial charge in [0.25, 0.3) is 10.9 Å². The molecule has 0 aromatic heterocycles. The monoisotopic (exact) mass is 348 g/mol. The molecule has 3 aromatic rings. The van der Waals surface area contributed by atoms with E-state index in [9.17, 15) is 14.4 Å². The van der Waals surface area contributed by atoms with E-state index in [1.54, 1.807) is 24.3 Å². The lowest BCUT2D eigenvalue weighted by Crippen LogP contribution is -2.37. The molecule has 0 heterocycles. The first-order valence-electron chi connectivity index (χ1n) is 8.54. The zero-order valence-corrected chi connectivity index (χ0v) is 14.7. The third kappa shape index (κ3) is 3.42. The lowest BCUT2D eigenvalue weighted by Gasteiger charge is -2.22. The number of benzene rings is 2. The molecule has 0 saturated heterocycles. The van der Waals surface area contributed by atoms with E-state index in [1.165, 1.54) is 6.92 Å². The van der Waals surface area contributed by atoms with E-state index >= 15 is 0 Å². The minimum absolute atomic E-state index is 0.0629. The lowest BCUT2D eigenvalue weighted by atomic mass is 10.0. The molecule has 0 bridgehead atoms. The van der Waals surface area contributed by atoms with E-state index in [0.717, 1.165) is 12.0 Å². The van der Waals surface area contributed by atoms with Gasteiger partial charge in [-0.3, -0.25) is 14.4 Å². The predicted octanol–water partition coefficient (Wildman–Crippen LogP) is 3.79. The fourth-order valence-corrected chi connectivity index (χ4v) is 2.89. The van der Waals surface area contributed by atoms with Crippen LogP contribution >= 0.6 is 0 Å². The quantitative estimate of drug-likeness (QED) is 0.502. The van der Waals surface area contributed by atoms with Gasteiger partial charge < -0.3 is 10.6 Å². The smallest absolute Gasteiger partial charge is 0.253 e. The summed E-state index contributed by atoms with van der Waals surface area (Å²) in [5.74, 6) is -0.0629. The fraction of sp³-hybridized carbons (Fsp3) is 0.190. The van der Waals surface area contributed by atoms with Gasteiger partial charge in [-0.1, -0.05) is 49.4 Å². The lowest BCUT2D eigenvalue weighted by molar-refractivity contribution is 0.101. The van der Waals surface area contributed by atoms with Crippen LogP contribution in [0.3, 0.4) is 0 Å². The summed E-state index contributed by atoms with van der Waals surface area (Å²) in [6.45, 7) is 3.49. The number of hydrogen-bond donors (Lipinski definition) is 2. The summed E-state index contributed by atoms with van der Waals surface area (Å²) in [5.41, 5.74) is 1.64. The number of Topliss-reactive ketones (excluding diaryl/α,β-unsaturated/α-hetero) is 1. The van der Waals surface area contributed by atoms with Crippen LogP contribution in [-0.2, 0) is 0 Å². The predicted molar refractivity (Wildman–Crippen MR) is 104 cm³/mol. The van der Waals surface area contributed by atoms with Crippen LogP contribution in [0.25, 0.3) is 0 Å². The van der Waals surface area contributed by atoms with Crippen molar-refractivity contribution in [3.8, 4) is 0 Å². The molecule has 26 heavy (non-hydrogen) atoms. The summed E-state index contributed by atoms with van der Waals surface area (Å²) in [5, 5.41) is 6.17. The van der Waals surface area contributed by atoms with Gasteiger partial charge in [0.2, 0.25) is 0 Å². The fourth-order valence-electron chi connectivity index (χ4n) is 2.89. The largest absolute Gasteiger partial charge is 0.373 e. The van der Waals surface area contributed by atoms with Crippen LogP contribution in [0, 0.1) is 0 Å². The van der Waals surface area contributed by atoms with Crippen molar-refractivity contribution in [1.29, 1.82) is 0 Å². The standard InChI is InChI=1S/C21H20N2O3/c1-3-17(14-8-5-4-6-9-14)23-19-18(20(25)21(19)26)22-16-11-7-10-15(12-16)13(2)24/h4-12,17,22-23H,3H2,1-2H3/t17-/m1/s1. The third-order valence-corrected chi connectivity index (χ3v) is 4.38. The normalized spacial score (nSPS) is 11.9. The third-order valence-electron chi connectivity index (χ3n) is 4.38. The zero-order valence-electron chi connectivity index (χ0n) is 14.7. The Labute approximate surface area is 151 Å². The van der Waals surface area contributed by atoms with E-state index in [4.69, 9.17) is 0 Å². The molecule has 1 atom stereocenters. The molecule has 2 N–H and O–H groups in total. The summed E-state index contributed by atoms with van der Waals surface area (Å²) < 4.78 is 0. The van der Waals surface area contributed by atoms with Crippen LogP contribution < -0.4 is 21.5 Å². The summed E-state index contributed by atoms with van der Waals surface area (Å²) in [6, 6.07) is 16.6. The van der Waals surface area contributed by atoms with E-state index in [2.05, 4.69) is 10.6 Å². The maximum absolute atomic E-state index is 12.1. The van der Waals surface area contributed by atoms with Gasteiger partial charge in [0.05, 0.1) is 6.04 Å². The first-order chi connectivity index (χ1) is 12.5. The van der Waals surface area contributed by atoms with Crippen LogP contribution in [0.15, 0.2) is 64.2 Å². The maximum Gasteiger partial charge on any atom is 0.253 e. The van der Waals surface area contributed by atoms with Gasteiger partial charge in [0.15, 0.2) is 5.78 Å². The van der Waals surface area contributed by atoms with Crippen LogP contribution in [-0.4, -0.2) is 5.78 Å². The number of anilines is 3. The van der Waals surface area contributed by atoms with Crippen LogP contribution in [0.1, 0.15) is 42.2 Å². The van der Waals surface area contributed by atoms with Crippen LogP contribution in [0.5, 0.6) is 0 Å². The Hall–Kier alpha value is -3.21. The van der Waals surface area contributed by atoms with Gasteiger partial charge in [-0.05, 0) is 31.0 Å². The first kappa shape index (κ1) is 17.6. The molecule has 0 aliphatic heterocycles. The summed E-state index contributed by atoms with van der Waals surface area (Å²) in [7, 11) is 0. The van der Waals surface area contributed by atoms with Gasteiger partial charge >= 0.3 is 0 Å². The van der Waals surface area contributed by atoms with Crippen LogP contribution in [0.4, 0.5) is 17.1 Å². The molecule has 0 aliphatic rings. The number of ketones is 1. The SMILES string of the molecule is CC[C@@H](Nc1c(Nc2cccc(C(C)=O)c2)c(=O)c1=O)c1ccccc1. The highest BCUT2D eigenvalue weighted by Crippen LogP contribution is 2.27. The second kappa shape index (κ2) is 7.35. The molecular weight excluding hydrogens is 328 g/mol. The zero-order chi connectivity index (χ0) is 18.7. The molecule has 5 heteroatoms. The summed E-state index contributed by atoms with van der Waals surface area (Å²) in [4.78, 5) is 35.6. The highest BCUT2D eigenvalue weighted by atomic mass is 16.2. The van der Waals surface area contributed by atoms with E-state index in [1.807, 2.05) is 37.3 Å². The van der Waals surface area contributed by atoms with Crippen molar-refractivity contribution in [2.75, 3.05) is 10.6 Å². The summed E-state index contributed by atoms with van der Waals surface area (Å²) in [6.07, 6.45) is 0.766. The van der Waals surface area contributed by atoms with Crippen molar-refractivity contribution >= 4 is 22.8 Å². The average molecular weight is 348 g/mol. The van der Waals surface area contributed by atoms with Crippen molar-refractivity contribution in [1.82, 2.24) is 0 Å². The van der Waals surface area contributed by atoms with Crippen molar-refractivity contribution in [2.24, 2.45) is 0 Å². The van der Waals surface area contributed by atoms with E-state index in [-0.39, 0.29) is 17.5 Å². The Morgan fingerprint density at radius 1 is 0.962 bits per heavy atom. The molecule has 0 radical (unpaired) electrons.